The topological polar surface area (TPSA) is 55.8 Å². The number of aliphatic hydroxyl groups is 1. The van der Waals surface area contributed by atoms with E-state index in [0.29, 0.717) is 23.0 Å². The molecule has 5 nitrogen and oxygen atoms in total. The predicted octanol–water partition coefficient (Wildman–Crippen LogP) is 1.61. The van der Waals surface area contributed by atoms with E-state index in [1.165, 1.54) is 11.3 Å². The summed E-state index contributed by atoms with van der Waals surface area (Å²) in [4.78, 5) is 14.1. The number of para-hydroxylation sites is 1. The lowest BCUT2D eigenvalue weighted by Gasteiger charge is -2.52. The van der Waals surface area contributed by atoms with E-state index in [0.717, 1.165) is 55.7 Å². The minimum absolute atomic E-state index is 0. The molecule has 0 amide bonds. The third-order valence-electron chi connectivity index (χ3n) is 7.45. The number of thiophene rings is 1. The summed E-state index contributed by atoms with van der Waals surface area (Å²) < 4.78 is 13.0. The lowest BCUT2D eigenvalue weighted by atomic mass is 9.82. The van der Waals surface area contributed by atoms with Crippen LogP contribution in [0, 0.1) is 5.92 Å². The first-order chi connectivity index (χ1) is 16.6. The average molecular weight is 559 g/mol. The Bertz CT molecular complexity index is 1070. The zero-order chi connectivity index (χ0) is 23.4. The summed E-state index contributed by atoms with van der Waals surface area (Å²) in [6.07, 6.45) is 2.91. The molecule has 1 N–H and O–H groups in total. The third kappa shape index (κ3) is 5.48. The Kier molecular flexibility index (Phi) is 8.32. The Morgan fingerprint density at radius 1 is 1.00 bits per heavy atom. The minimum atomic E-state index is -1.78. The maximum Gasteiger partial charge on any atom is 0.349 e. The van der Waals surface area contributed by atoms with E-state index in [4.69, 9.17) is 9.47 Å². The van der Waals surface area contributed by atoms with Gasteiger partial charge in [-0.1, -0.05) is 54.6 Å². The van der Waals surface area contributed by atoms with Crippen LogP contribution < -0.4 is 21.7 Å². The van der Waals surface area contributed by atoms with Gasteiger partial charge in [-0.15, -0.1) is 11.3 Å². The van der Waals surface area contributed by atoms with Crippen LogP contribution in [0.25, 0.3) is 0 Å². The SMILES string of the molecule is O=C(O[C@H]1C[N+]2(CCCOc3ccccc3)CCC1CC2)[C@@](O)(c1ccccc1)c1cccs1.[Br-]. The molecule has 2 atom stereocenters. The third-order valence-corrected chi connectivity index (χ3v) is 8.43. The van der Waals surface area contributed by atoms with E-state index in [-0.39, 0.29) is 23.1 Å². The first-order valence-corrected chi connectivity index (χ1v) is 13.0. The molecule has 3 aliphatic heterocycles. The minimum Gasteiger partial charge on any atom is -1.00 e. The first kappa shape index (κ1) is 25.9. The molecule has 0 aliphatic carbocycles. The van der Waals surface area contributed by atoms with Crippen molar-refractivity contribution >= 4 is 17.3 Å². The molecule has 0 saturated carbocycles. The summed E-state index contributed by atoms with van der Waals surface area (Å²) in [7, 11) is 0. The number of rotatable bonds is 9. The van der Waals surface area contributed by atoms with Crippen LogP contribution >= 0.6 is 11.3 Å². The van der Waals surface area contributed by atoms with Crippen LogP contribution in [0.3, 0.4) is 0 Å². The monoisotopic (exact) mass is 557 g/mol. The van der Waals surface area contributed by atoms with Crippen molar-refractivity contribution < 1.29 is 40.8 Å². The smallest absolute Gasteiger partial charge is 0.349 e. The summed E-state index contributed by atoms with van der Waals surface area (Å²) in [5.41, 5.74) is -1.24. The van der Waals surface area contributed by atoms with Crippen LogP contribution in [0.2, 0.25) is 0 Å². The molecule has 2 aromatic carbocycles. The van der Waals surface area contributed by atoms with Gasteiger partial charge >= 0.3 is 5.97 Å². The Hall–Kier alpha value is -2.19. The number of benzene rings is 2. The number of piperidine rings is 3. The maximum atomic E-state index is 13.5. The summed E-state index contributed by atoms with van der Waals surface area (Å²) in [6, 6.07) is 22.7. The number of quaternary nitrogens is 1. The fourth-order valence-corrected chi connectivity index (χ4v) is 6.36. The highest BCUT2D eigenvalue weighted by Gasteiger charge is 2.50. The van der Waals surface area contributed by atoms with Crippen molar-refractivity contribution in [2.24, 2.45) is 5.92 Å². The molecule has 186 valence electrons. The average Bonchev–Trinajstić information content (AvgIpc) is 3.44. The zero-order valence-corrected chi connectivity index (χ0v) is 22.1. The number of carbonyl (C=O) groups excluding carboxylic acids is 1. The van der Waals surface area contributed by atoms with Gasteiger partial charge in [-0.3, -0.25) is 0 Å². The highest BCUT2D eigenvalue weighted by Crippen LogP contribution is 2.39. The maximum absolute atomic E-state index is 13.5. The van der Waals surface area contributed by atoms with Crippen LogP contribution in [0.4, 0.5) is 0 Å². The molecule has 7 heteroatoms. The molecule has 4 heterocycles. The zero-order valence-electron chi connectivity index (χ0n) is 19.7. The molecule has 0 unspecified atom stereocenters. The predicted molar refractivity (Wildman–Crippen MR) is 133 cm³/mol. The Morgan fingerprint density at radius 2 is 1.69 bits per heavy atom. The molecule has 0 radical (unpaired) electrons. The van der Waals surface area contributed by atoms with Gasteiger partial charge < -0.3 is 36.0 Å². The summed E-state index contributed by atoms with van der Waals surface area (Å²) in [5.74, 6) is 0.707. The molecular weight excluding hydrogens is 526 g/mol. The van der Waals surface area contributed by atoms with Crippen molar-refractivity contribution in [3.05, 3.63) is 88.6 Å². The Morgan fingerprint density at radius 3 is 2.34 bits per heavy atom. The first-order valence-electron chi connectivity index (χ1n) is 12.1. The van der Waals surface area contributed by atoms with E-state index in [9.17, 15) is 9.90 Å². The van der Waals surface area contributed by atoms with E-state index < -0.39 is 11.6 Å². The summed E-state index contributed by atoms with van der Waals surface area (Å²) in [5, 5.41) is 13.5. The number of ether oxygens (including phenoxy) is 2. The molecule has 6 rings (SSSR count). The van der Waals surface area contributed by atoms with Gasteiger partial charge in [0.2, 0.25) is 5.60 Å². The molecule has 35 heavy (non-hydrogen) atoms. The number of nitrogens with zero attached hydrogens (tertiary/aromatic N) is 1. The van der Waals surface area contributed by atoms with Gasteiger partial charge in [0.1, 0.15) is 12.3 Å². The van der Waals surface area contributed by atoms with E-state index >= 15 is 0 Å². The van der Waals surface area contributed by atoms with Crippen LogP contribution in [-0.4, -0.2) is 54.4 Å². The summed E-state index contributed by atoms with van der Waals surface area (Å²) >= 11 is 1.37. The second kappa shape index (κ2) is 11.2. The van der Waals surface area contributed by atoms with Crippen molar-refractivity contribution in [3.63, 3.8) is 0 Å². The number of fused-ring (bicyclic) bond motifs is 3. The standard InChI is InChI=1S/C28H32NO4S.BrH/c30-27(28(31,26-13-7-20-34-26)23-9-3-1-4-10-23)33-25-21-29(17-14-22(25)15-18-29)16-8-19-32-24-11-5-2-6-12-24;/h1-7,9-13,20,22,25,31H,8,14-19,21H2;1H/q+1;/p-1/t22?,25-,28+,29?;/m0./s1. The van der Waals surface area contributed by atoms with Crippen molar-refractivity contribution in [1.29, 1.82) is 0 Å². The number of halogens is 1. The van der Waals surface area contributed by atoms with Crippen molar-refractivity contribution in [2.75, 3.05) is 32.8 Å². The largest absolute Gasteiger partial charge is 1.00 e. The molecule has 3 aromatic rings. The molecular formula is C28H32BrNO4S. The molecule has 0 spiro atoms. The fraction of sp³-hybridized carbons (Fsp3) is 0.393. The van der Waals surface area contributed by atoms with Crippen molar-refractivity contribution in [2.45, 2.75) is 31.0 Å². The molecule has 2 bridgehead atoms. The van der Waals surface area contributed by atoms with Crippen LogP contribution in [-0.2, 0) is 15.1 Å². The number of hydrogen-bond donors (Lipinski definition) is 1. The van der Waals surface area contributed by atoms with Gasteiger partial charge in [0.15, 0.2) is 6.10 Å². The van der Waals surface area contributed by atoms with E-state index in [2.05, 4.69) is 0 Å². The van der Waals surface area contributed by atoms with E-state index in [1.807, 2.05) is 60.0 Å². The van der Waals surface area contributed by atoms with Gasteiger partial charge in [-0.2, -0.15) is 0 Å². The lowest BCUT2D eigenvalue weighted by Crippen LogP contribution is -3.00. The number of esters is 1. The molecule has 1 aromatic heterocycles. The van der Waals surface area contributed by atoms with Gasteiger partial charge in [0, 0.05) is 30.7 Å². The van der Waals surface area contributed by atoms with Gasteiger partial charge in [0.25, 0.3) is 0 Å². The quantitative estimate of drug-likeness (QED) is 0.247. The Balaban J connectivity index is 0.00000289. The van der Waals surface area contributed by atoms with Crippen molar-refractivity contribution in [3.8, 4) is 5.75 Å². The van der Waals surface area contributed by atoms with Crippen LogP contribution in [0.15, 0.2) is 78.2 Å². The highest BCUT2D eigenvalue weighted by atomic mass is 79.9. The van der Waals surface area contributed by atoms with Gasteiger partial charge in [0.05, 0.1) is 31.1 Å². The van der Waals surface area contributed by atoms with Gasteiger partial charge in [-0.25, -0.2) is 4.79 Å². The fourth-order valence-electron chi connectivity index (χ4n) is 5.52. The second-order valence-electron chi connectivity index (χ2n) is 9.55. The van der Waals surface area contributed by atoms with Crippen LogP contribution in [0.5, 0.6) is 5.75 Å². The second-order valence-corrected chi connectivity index (χ2v) is 10.5. The number of hydrogen-bond acceptors (Lipinski definition) is 5. The van der Waals surface area contributed by atoms with Crippen molar-refractivity contribution in [1.82, 2.24) is 0 Å². The number of carbonyl (C=O) groups is 1. The Labute approximate surface area is 221 Å². The summed E-state index contributed by atoms with van der Waals surface area (Å²) in [6.45, 7) is 4.76. The normalized spacial score (nSPS) is 24.7. The highest BCUT2D eigenvalue weighted by molar-refractivity contribution is 7.10. The molecule has 3 saturated heterocycles. The van der Waals surface area contributed by atoms with E-state index in [1.54, 1.807) is 18.2 Å². The lowest BCUT2D eigenvalue weighted by molar-refractivity contribution is -0.946. The molecule has 3 aliphatic rings. The van der Waals surface area contributed by atoms with Crippen LogP contribution in [0.1, 0.15) is 29.7 Å². The van der Waals surface area contributed by atoms with Gasteiger partial charge in [-0.05, 0) is 23.6 Å². The molecule has 3 fully saturated rings.